The zero-order valence-electron chi connectivity index (χ0n) is 11.6. The lowest BCUT2D eigenvalue weighted by Crippen LogP contribution is -2.26. The summed E-state index contributed by atoms with van der Waals surface area (Å²) in [5, 5.41) is 5.05. The Morgan fingerprint density at radius 3 is 2.78 bits per heavy atom. The van der Waals surface area contributed by atoms with Crippen LogP contribution in [-0.4, -0.2) is 11.1 Å². The van der Waals surface area contributed by atoms with Crippen molar-refractivity contribution < 1.29 is 0 Å². The van der Waals surface area contributed by atoms with Crippen molar-refractivity contribution in [3.8, 4) is 0 Å². The molecule has 2 heteroatoms. The third-order valence-corrected chi connectivity index (χ3v) is 4.54. The van der Waals surface area contributed by atoms with Crippen LogP contribution in [-0.2, 0) is 7.05 Å². The molecule has 1 aromatic heterocycles. The van der Waals surface area contributed by atoms with Gasteiger partial charge in [-0.15, -0.1) is 0 Å². The zero-order valence-corrected chi connectivity index (χ0v) is 11.6. The van der Waals surface area contributed by atoms with Crippen LogP contribution in [0.25, 0.3) is 10.9 Å². The molecule has 96 valence electrons. The molecule has 1 N–H and O–H groups in total. The Balaban J connectivity index is 2.07. The van der Waals surface area contributed by atoms with Crippen LogP contribution in [0.5, 0.6) is 0 Å². The molecule has 18 heavy (non-hydrogen) atoms. The fraction of sp³-hybridized carbons (Fsp3) is 0.500. The molecule has 2 heterocycles. The van der Waals surface area contributed by atoms with Gasteiger partial charge in [0.1, 0.15) is 0 Å². The highest BCUT2D eigenvalue weighted by Gasteiger charge is 2.16. The topological polar surface area (TPSA) is 17.0 Å². The normalized spacial score (nSPS) is 20.5. The van der Waals surface area contributed by atoms with Crippen molar-refractivity contribution in [3.05, 3.63) is 35.0 Å². The average Bonchev–Trinajstić information content (AvgIpc) is 2.65. The molecule has 1 unspecified atom stereocenters. The molecule has 0 spiro atoms. The number of nitrogens with one attached hydrogen (secondary N) is 1. The van der Waals surface area contributed by atoms with Gasteiger partial charge in [-0.05, 0) is 56.5 Å². The highest BCUT2D eigenvalue weighted by atomic mass is 14.9. The first-order chi connectivity index (χ1) is 8.68. The number of fused-ring (bicyclic) bond motifs is 1. The Morgan fingerprint density at radius 1 is 1.22 bits per heavy atom. The van der Waals surface area contributed by atoms with Crippen LogP contribution in [0.1, 0.15) is 42.1 Å². The summed E-state index contributed by atoms with van der Waals surface area (Å²) in [5.74, 6) is 0. The molecule has 0 saturated carbocycles. The Morgan fingerprint density at radius 2 is 2.06 bits per heavy atom. The van der Waals surface area contributed by atoms with Crippen molar-refractivity contribution in [2.24, 2.45) is 7.05 Å². The van der Waals surface area contributed by atoms with Crippen molar-refractivity contribution >= 4 is 10.9 Å². The lowest BCUT2D eigenvalue weighted by Gasteiger charge is -2.24. The second kappa shape index (κ2) is 4.43. The highest BCUT2D eigenvalue weighted by molar-refractivity contribution is 5.86. The number of aromatic nitrogens is 1. The quantitative estimate of drug-likeness (QED) is 0.808. The van der Waals surface area contributed by atoms with Gasteiger partial charge < -0.3 is 9.88 Å². The van der Waals surface area contributed by atoms with Gasteiger partial charge in [-0.25, -0.2) is 0 Å². The number of benzene rings is 1. The van der Waals surface area contributed by atoms with Crippen molar-refractivity contribution in [3.63, 3.8) is 0 Å². The van der Waals surface area contributed by atoms with Crippen LogP contribution in [0.2, 0.25) is 0 Å². The summed E-state index contributed by atoms with van der Waals surface area (Å²) in [6.07, 6.45) is 3.95. The van der Waals surface area contributed by atoms with E-state index in [2.05, 4.69) is 49.0 Å². The van der Waals surface area contributed by atoms with E-state index in [0.29, 0.717) is 6.04 Å². The Bertz CT molecular complexity index is 574. The van der Waals surface area contributed by atoms with Gasteiger partial charge in [-0.2, -0.15) is 0 Å². The zero-order chi connectivity index (χ0) is 12.7. The van der Waals surface area contributed by atoms with E-state index in [4.69, 9.17) is 0 Å². The summed E-state index contributed by atoms with van der Waals surface area (Å²) in [7, 11) is 2.16. The van der Waals surface area contributed by atoms with Gasteiger partial charge in [0, 0.05) is 29.7 Å². The predicted octanol–water partition coefficient (Wildman–Crippen LogP) is 3.61. The van der Waals surface area contributed by atoms with E-state index in [9.17, 15) is 0 Å². The van der Waals surface area contributed by atoms with E-state index < -0.39 is 0 Å². The molecule has 0 aliphatic carbocycles. The summed E-state index contributed by atoms with van der Waals surface area (Å²) in [6.45, 7) is 5.60. The highest BCUT2D eigenvalue weighted by Crippen LogP contribution is 2.29. The Hall–Kier alpha value is -1.28. The van der Waals surface area contributed by atoms with Gasteiger partial charge in [0.15, 0.2) is 0 Å². The molecular formula is C16H22N2. The largest absolute Gasteiger partial charge is 0.348 e. The van der Waals surface area contributed by atoms with Crippen LogP contribution in [0.3, 0.4) is 0 Å². The average molecular weight is 242 g/mol. The third kappa shape index (κ3) is 1.76. The molecule has 1 aromatic carbocycles. The predicted molar refractivity (Wildman–Crippen MR) is 77.0 cm³/mol. The molecular weight excluding hydrogens is 220 g/mol. The van der Waals surface area contributed by atoms with E-state index >= 15 is 0 Å². The minimum Gasteiger partial charge on any atom is -0.348 e. The minimum atomic E-state index is 0.558. The van der Waals surface area contributed by atoms with Crippen LogP contribution < -0.4 is 5.32 Å². The first-order valence-electron chi connectivity index (χ1n) is 6.97. The number of rotatable bonds is 1. The Labute approximate surface area is 109 Å². The van der Waals surface area contributed by atoms with Gasteiger partial charge in [-0.3, -0.25) is 0 Å². The van der Waals surface area contributed by atoms with Crippen LogP contribution in [0.4, 0.5) is 0 Å². The van der Waals surface area contributed by atoms with Gasteiger partial charge in [0.2, 0.25) is 0 Å². The van der Waals surface area contributed by atoms with E-state index in [1.54, 1.807) is 0 Å². The van der Waals surface area contributed by atoms with Gasteiger partial charge >= 0.3 is 0 Å². The van der Waals surface area contributed by atoms with Crippen LogP contribution in [0, 0.1) is 13.8 Å². The van der Waals surface area contributed by atoms with E-state index in [1.807, 2.05) is 0 Å². The number of piperidine rings is 1. The molecule has 1 aliphatic heterocycles. The first kappa shape index (κ1) is 11.8. The maximum absolute atomic E-state index is 3.63. The third-order valence-electron chi connectivity index (χ3n) is 4.54. The maximum Gasteiger partial charge on any atom is 0.0482 e. The van der Waals surface area contributed by atoms with E-state index in [-0.39, 0.29) is 0 Å². The SMILES string of the molecule is Cc1c(C)n(C)c2ccc(C3CCCCN3)cc12. The monoisotopic (exact) mass is 242 g/mol. The number of aryl methyl sites for hydroxylation is 2. The van der Waals surface area contributed by atoms with Gasteiger partial charge in [0.05, 0.1) is 0 Å². The van der Waals surface area contributed by atoms with Gasteiger partial charge in [-0.1, -0.05) is 12.5 Å². The molecule has 1 saturated heterocycles. The number of nitrogens with zero attached hydrogens (tertiary/aromatic N) is 1. The van der Waals surface area contributed by atoms with Gasteiger partial charge in [0.25, 0.3) is 0 Å². The maximum atomic E-state index is 3.63. The fourth-order valence-corrected chi connectivity index (χ4v) is 3.13. The van der Waals surface area contributed by atoms with E-state index in [1.165, 1.54) is 47.0 Å². The molecule has 1 fully saturated rings. The fourth-order valence-electron chi connectivity index (χ4n) is 3.13. The van der Waals surface area contributed by atoms with Crippen LogP contribution in [0.15, 0.2) is 18.2 Å². The van der Waals surface area contributed by atoms with Crippen molar-refractivity contribution in [2.75, 3.05) is 6.54 Å². The molecule has 0 amide bonds. The second-order valence-corrected chi connectivity index (χ2v) is 5.55. The van der Waals surface area contributed by atoms with Crippen LogP contribution >= 0.6 is 0 Å². The smallest absolute Gasteiger partial charge is 0.0482 e. The molecule has 3 rings (SSSR count). The second-order valence-electron chi connectivity index (χ2n) is 5.55. The molecule has 2 aromatic rings. The lowest BCUT2D eigenvalue weighted by molar-refractivity contribution is 0.412. The minimum absolute atomic E-state index is 0.558. The summed E-state index contributed by atoms with van der Waals surface area (Å²) in [4.78, 5) is 0. The van der Waals surface area contributed by atoms with Crippen molar-refractivity contribution in [1.82, 2.24) is 9.88 Å². The molecule has 1 atom stereocenters. The lowest BCUT2D eigenvalue weighted by atomic mass is 9.96. The van der Waals surface area contributed by atoms with E-state index in [0.717, 1.165) is 6.54 Å². The summed E-state index contributed by atoms with van der Waals surface area (Å²) < 4.78 is 2.29. The number of hydrogen-bond donors (Lipinski definition) is 1. The molecule has 0 bridgehead atoms. The van der Waals surface area contributed by atoms with Crippen molar-refractivity contribution in [2.45, 2.75) is 39.2 Å². The Kier molecular flexibility index (Phi) is 2.90. The summed E-state index contributed by atoms with van der Waals surface area (Å²) in [5.41, 5.74) is 5.60. The summed E-state index contributed by atoms with van der Waals surface area (Å²) in [6, 6.07) is 7.52. The standard InChI is InChI=1S/C16H22N2/c1-11-12(2)18(3)16-8-7-13(10-14(11)16)15-6-4-5-9-17-15/h7-8,10,15,17H,4-6,9H2,1-3H3. The first-order valence-corrected chi connectivity index (χ1v) is 6.97. The summed E-state index contributed by atoms with van der Waals surface area (Å²) >= 11 is 0. The molecule has 2 nitrogen and oxygen atoms in total. The molecule has 0 radical (unpaired) electrons. The van der Waals surface area contributed by atoms with Crippen molar-refractivity contribution in [1.29, 1.82) is 0 Å². The number of hydrogen-bond acceptors (Lipinski definition) is 1. The molecule has 1 aliphatic rings.